The van der Waals surface area contributed by atoms with Crippen molar-refractivity contribution in [2.75, 3.05) is 6.54 Å². The highest BCUT2D eigenvalue weighted by Crippen LogP contribution is 2.09. The summed E-state index contributed by atoms with van der Waals surface area (Å²) in [6.45, 7) is 2.63. The summed E-state index contributed by atoms with van der Waals surface area (Å²) in [6, 6.07) is 17.2. The van der Waals surface area contributed by atoms with E-state index in [0.717, 1.165) is 6.42 Å². The maximum Gasteiger partial charge on any atom is 0.412 e. The number of hydrogen-bond donors (Lipinski definition) is 1. The average Bonchev–Trinajstić information content (AvgIpc) is 2.42. The van der Waals surface area contributed by atoms with E-state index in [1.54, 1.807) is 12.1 Å². The van der Waals surface area contributed by atoms with Crippen LogP contribution in [0.1, 0.15) is 11.1 Å². The second-order valence-electron chi connectivity index (χ2n) is 4.31. The first-order valence-corrected chi connectivity index (χ1v) is 6.31. The fraction of sp³-hybridized carbons (Fsp3) is 0.188. The molecule has 0 saturated carbocycles. The standard InChI is InChI=1S/C16H17NO2/c1-13-7-5-6-8-14(13)11-12-17-16(18)19-15-9-3-2-4-10-15/h2-10H,11-12H2,1H3,(H,17,18). The molecule has 3 nitrogen and oxygen atoms in total. The van der Waals surface area contributed by atoms with Crippen molar-refractivity contribution in [3.8, 4) is 5.75 Å². The van der Waals surface area contributed by atoms with E-state index in [0.29, 0.717) is 12.3 Å². The van der Waals surface area contributed by atoms with Crippen LogP contribution in [0.3, 0.4) is 0 Å². The van der Waals surface area contributed by atoms with E-state index < -0.39 is 6.09 Å². The van der Waals surface area contributed by atoms with Gasteiger partial charge < -0.3 is 10.1 Å². The van der Waals surface area contributed by atoms with Crippen LogP contribution < -0.4 is 10.1 Å². The summed E-state index contributed by atoms with van der Waals surface area (Å²) in [6.07, 6.45) is 0.385. The highest BCUT2D eigenvalue weighted by Gasteiger charge is 2.03. The van der Waals surface area contributed by atoms with Gasteiger partial charge in [0.15, 0.2) is 0 Å². The molecule has 0 saturated heterocycles. The third kappa shape index (κ3) is 4.14. The molecule has 1 N–H and O–H groups in total. The first kappa shape index (κ1) is 13.1. The number of nitrogens with one attached hydrogen (secondary N) is 1. The van der Waals surface area contributed by atoms with Gasteiger partial charge in [-0.2, -0.15) is 0 Å². The predicted octanol–water partition coefficient (Wildman–Crippen LogP) is 3.33. The predicted molar refractivity (Wildman–Crippen MR) is 75.4 cm³/mol. The Morgan fingerprint density at radius 2 is 1.74 bits per heavy atom. The number of aryl methyl sites for hydroxylation is 1. The number of amides is 1. The zero-order valence-electron chi connectivity index (χ0n) is 10.9. The Morgan fingerprint density at radius 3 is 2.47 bits per heavy atom. The smallest absolute Gasteiger partial charge is 0.410 e. The summed E-state index contributed by atoms with van der Waals surface area (Å²) in [4.78, 5) is 11.6. The summed E-state index contributed by atoms with van der Waals surface area (Å²) >= 11 is 0. The highest BCUT2D eigenvalue weighted by atomic mass is 16.5. The van der Waals surface area contributed by atoms with Crippen LogP contribution in [0.4, 0.5) is 4.79 Å². The number of benzene rings is 2. The van der Waals surface area contributed by atoms with Crippen molar-refractivity contribution >= 4 is 6.09 Å². The Bertz CT molecular complexity index is 537. The van der Waals surface area contributed by atoms with Gasteiger partial charge in [0.1, 0.15) is 5.75 Å². The zero-order chi connectivity index (χ0) is 13.5. The minimum absolute atomic E-state index is 0.417. The van der Waals surface area contributed by atoms with Gasteiger partial charge in [0.05, 0.1) is 0 Å². The van der Waals surface area contributed by atoms with Crippen LogP contribution in [0.2, 0.25) is 0 Å². The molecule has 0 fully saturated rings. The van der Waals surface area contributed by atoms with Crippen molar-refractivity contribution < 1.29 is 9.53 Å². The molecular weight excluding hydrogens is 238 g/mol. The lowest BCUT2D eigenvalue weighted by Gasteiger charge is -2.08. The lowest BCUT2D eigenvalue weighted by Crippen LogP contribution is -2.28. The van der Waals surface area contributed by atoms with Crippen molar-refractivity contribution in [2.45, 2.75) is 13.3 Å². The zero-order valence-corrected chi connectivity index (χ0v) is 10.9. The molecule has 2 aromatic carbocycles. The Kier molecular flexibility index (Phi) is 4.56. The minimum atomic E-state index is -0.417. The molecule has 0 spiro atoms. The fourth-order valence-corrected chi connectivity index (χ4v) is 1.82. The van der Waals surface area contributed by atoms with Crippen LogP contribution >= 0.6 is 0 Å². The molecular formula is C16H17NO2. The van der Waals surface area contributed by atoms with Gasteiger partial charge in [0, 0.05) is 6.54 Å². The molecule has 0 aromatic heterocycles. The number of carbonyl (C=O) groups is 1. The topological polar surface area (TPSA) is 38.3 Å². The maximum absolute atomic E-state index is 11.6. The number of para-hydroxylation sites is 1. The van der Waals surface area contributed by atoms with Gasteiger partial charge in [-0.3, -0.25) is 0 Å². The van der Waals surface area contributed by atoms with Crippen molar-refractivity contribution in [3.05, 3.63) is 65.7 Å². The maximum atomic E-state index is 11.6. The quantitative estimate of drug-likeness (QED) is 0.910. The Balaban J connectivity index is 1.77. The summed E-state index contributed by atoms with van der Waals surface area (Å²) in [5.74, 6) is 0.552. The van der Waals surface area contributed by atoms with Gasteiger partial charge in [-0.05, 0) is 36.6 Å². The second kappa shape index (κ2) is 6.59. The van der Waals surface area contributed by atoms with Crippen LogP contribution in [-0.2, 0) is 6.42 Å². The van der Waals surface area contributed by atoms with Gasteiger partial charge in [-0.15, -0.1) is 0 Å². The molecule has 0 aliphatic carbocycles. The summed E-state index contributed by atoms with van der Waals surface area (Å²) in [5, 5.41) is 2.75. The molecule has 0 aliphatic heterocycles. The van der Waals surface area contributed by atoms with E-state index in [2.05, 4.69) is 24.4 Å². The first-order chi connectivity index (χ1) is 9.25. The normalized spacial score (nSPS) is 9.95. The summed E-state index contributed by atoms with van der Waals surface area (Å²) < 4.78 is 5.13. The molecule has 0 atom stereocenters. The van der Waals surface area contributed by atoms with Crippen molar-refractivity contribution in [1.82, 2.24) is 5.32 Å². The van der Waals surface area contributed by atoms with Gasteiger partial charge >= 0.3 is 6.09 Å². The fourth-order valence-electron chi connectivity index (χ4n) is 1.82. The Hall–Kier alpha value is -2.29. The molecule has 19 heavy (non-hydrogen) atoms. The largest absolute Gasteiger partial charge is 0.412 e. The van der Waals surface area contributed by atoms with E-state index in [9.17, 15) is 4.79 Å². The summed E-state index contributed by atoms with van der Waals surface area (Å²) in [5.41, 5.74) is 2.48. The van der Waals surface area contributed by atoms with Crippen LogP contribution in [0.15, 0.2) is 54.6 Å². The summed E-state index contributed by atoms with van der Waals surface area (Å²) in [7, 11) is 0. The molecule has 1 amide bonds. The first-order valence-electron chi connectivity index (χ1n) is 6.31. The SMILES string of the molecule is Cc1ccccc1CCNC(=O)Oc1ccccc1. The third-order valence-electron chi connectivity index (χ3n) is 2.88. The molecule has 3 heteroatoms. The van der Waals surface area contributed by atoms with Crippen molar-refractivity contribution in [1.29, 1.82) is 0 Å². The van der Waals surface area contributed by atoms with E-state index in [4.69, 9.17) is 4.74 Å². The van der Waals surface area contributed by atoms with Gasteiger partial charge in [-0.25, -0.2) is 4.79 Å². The van der Waals surface area contributed by atoms with Gasteiger partial charge in [-0.1, -0.05) is 42.5 Å². The molecule has 2 rings (SSSR count). The van der Waals surface area contributed by atoms with E-state index in [1.807, 2.05) is 30.3 Å². The van der Waals surface area contributed by atoms with Crippen LogP contribution in [-0.4, -0.2) is 12.6 Å². The Labute approximate surface area is 113 Å². The molecule has 98 valence electrons. The second-order valence-corrected chi connectivity index (χ2v) is 4.31. The minimum Gasteiger partial charge on any atom is -0.410 e. The van der Waals surface area contributed by atoms with E-state index in [1.165, 1.54) is 11.1 Å². The van der Waals surface area contributed by atoms with Crippen molar-refractivity contribution in [2.24, 2.45) is 0 Å². The number of hydrogen-bond acceptors (Lipinski definition) is 2. The lowest BCUT2D eigenvalue weighted by molar-refractivity contribution is 0.200. The average molecular weight is 255 g/mol. The molecule has 0 aliphatic rings. The van der Waals surface area contributed by atoms with Crippen molar-refractivity contribution in [3.63, 3.8) is 0 Å². The monoisotopic (exact) mass is 255 g/mol. The lowest BCUT2D eigenvalue weighted by atomic mass is 10.1. The highest BCUT2D eigenvalue weighted by molar-refractivity contribution is 5.70. The van der Waals surface area contributed by atoms with Gasteiger partial charge in [0.25, 0.3) is 0 Å². The molecule has 0 bridgehead atoms. The molecule has 0 radical (unpaired) electrons. The Morgan fingerprint density at radius 1 is 1.05 bits per heavy atom. The molecule has 2 aromatic rings. The van der Waals surface area contributed by atoms with E-state index >= 15 is 0 Å². The number of carbonyl (C=O) groups excluding carboxylic acids is 1. The van der Waals surface area contributed by atoms with Crippen LogP contribution in [0, 0.1) is 6.92 Å². The van der Waals surface area contributed by atoms with Gasteiger partial charge in [0.2, 0.25) is 0 Å². The number of ether oxygens (including phenoxy) is 1. The van der Waals surface area contributed by atoms with Crippen LogP contribution in [0.25, 0.3) is 0 Å². The molecule has 0 unspecified atom stereocenters. The third-order valence-corrected chi connectivity index (χ3v) is 2.88. The van der Waals surface area contributed by atoms with Crippen LogP contribution in [0.5, 0.6) is 5.75 Å². The van der Waals surface area contributed by atoms with E-state index in [-0.39, 0.29) is 0 Å². The number of rotatable bonds is 4. The molecule has 0 heterocycles.